The van der Waals surface area contributed by atoms with Crippen molar-refractivity contribution in [2.45, 2.75) is 18.7 Å². The average Bonchev–Trinajstić information content (AvgIpc) is 2.74. The molecule has 6 nitrogen and oxygen atoms in total. The van der Waals surface area contributed by atoms with E-state index < -0.39 is 18.1 Å². The van der Waals surface area contributed by atoms with Crippen molar-refractivity contribution in [3.05, 3.63) is 11.9 Å². The van der Waals surface area contributed by atoms with Crippen LogP contribution in [0.5, 0.6) is 0 Å². The van der Waals surface area contributed by atoms with E-state index in [2.05, 4.69) is 15.4 Å². The molecule has 1 saturated heterocycles. The Hall–Kier alpha value is -1.61. The molecule has 1 aliphatic heterocycles. The fourth-order valence-electron chi connectivity index (χ4n) is 1.75. The third-order valence-electron chi connectivity index (χ3n) is 2.60. The van der Waals surface area contributed by atoms with Gasteiger partial charge >= 0.3 is 6.18 Å². The monoisotopic (exact) mass is 263 g/mol. The number of rotatable bonds is 2. The van der Waals surface area contributed by atoms with Crippen molar-refractivity contribution in [3.8, 4) is 0 Å². The highest BCUT2D eigenvalue weighted by molar-refractivity contribution is 5.49. The van der Waals surface area contributed by atoms with Gasteiger partial charge in [0.05, 0.1) is 6.10 Å². The number of nitrogens with one attached hydrogen (secondary N) is 1. The first kappa shape index (κ1) is 12.8. The summed E-state index contributed by atoms with van der Waals surface area (Å²) in [6.45, 7) is 0.692. The number of nitrogen functional groups attached to an aromatic ring is 1. The zero-order chi connectivity index (χ0) is 13.3. The van der Waals surface area contributed by atoms with Crippen LogP contribution in [-0.2, 0) is 6.18 Å². The molecule has 0 radical (unpaired) electrons. The molecule has 4 N–H and O–H groups in total. The molecule has 1 atom stereocenters. The molecule has 2 heterocycles. The largest absolute Gasteiger partial charge is 0.451 e. The molecule has 18 heavy (non-hydrogen) atoms. The molecule has 1 fully saturated rings. The number of β-amino-alcohol motifs (C(OH)–C–C–N with tert-alkyl or cyclic N) is 1. The van der Waals surface area contributed by atoms with Gasteiger partial charge in [-0.3, -0.25) is 0 Å². The van der Waals surface area contributed by atoms with E-state index in [9.17, 15) is 18.3 Å². The molecule has 1 aromatic rings. The first-order valence-corrected chi connectivity index (χ1v) is 5.26. The number of aliphatic hydroxyl groups excluding tert-OH is 1. The Kier molecular flexibility index (Phi) is 3.26. The van der Waals surface area contributed by atoms with Crippen molar-refractivity contribution in [1.29, 1.82) is 0 Å². The van der Waals surface area contributed by atoms with E-state index >= 15 is 0 Å². The number of nitrogens with two attached hydrogens (primary N) is 1. The molecule has 2 rings (SSSR count). The van der Waals surface area contributed by atoms with Gasteiger partial charge < -0.3 is 15.4 Å². The molecular weight excluding hydrogens is 251 g/mol. The minimum absolute atomic E-state index is 0.0989. The van der Waals surface area contributed by atoms with Gasteiger partial charge in [0.15, 0.2) is 0 Å². The molecule has 0 aliphatic carbocycles. The molecule has 0 bridgehead atoms. The lowest BCUT2D eigenvalue weighted by Crippen LogP contribution is -2.25. The van der Waals surface area contributed by atoms with Crippen LogP contribution in [0.4, 0.5) is 24.8 Å². The van der Waals surface area contributed by atoms with Gasteiger partial charge in [0.2, 0.25) is 5.82 Å². The highest BCUT2D eigenvalue weighted by atomic mass is 19.4. The standard InChI is InChI=1S/C9H12F3N5O/c10-9(11,12)8-14-6(16-13)3-7(15-8)17-2-1-5(18)4-17/h3,5,18H,1-2,4,13H2,(H,14,15,16). The van der Waals surface area contributed by atoms with E-state index in [-0.39, 0.29) is 18.2 Å². The van der Waals surface area contributed by atoms with Crippen LogP contribution in [0.15, 0.2) is 6.07 Å². The van der Waals surface area contributed by atoms with Crippen molar-refractivity contribution >= 4 is 11.6 Å². The third-order valence-corrected chi connectivity index (χ3v) is 2.60. The SMILES string of the molecule is NNc1cc(N2CCC(O)C2)nc(C(F)(F)F)n1. The lowest BCUT2D eigenvalue weighted by Gasteiger charge is -2.18. The molecular formula is C9H12F3N5O. The summed E-state index contributed by atoms with van der Waals surface area (Å²) in [5.74, 6) is 3.81. The summed E-state index contributed by atoms with van der Waals surface area (Å²) < 4.78 is 37.8. The fraction of sp³-hybridized carbons (Fsp3) is 0.556. The molecule has 1 aliphatic rings. The number of aromatic nitrogens is 2. The lowest BCUT2D eigenvalue weighted by atomic mass is 10.3. The van der Waals surface area contributed by atoms with Gasteiger partial charge in [0.1, 0.15) is 11.6 Å². The van der Waals surface area contributed by atoms with Gasteiger partial charge in [-0.25, -0.2) is 15.8 Å². The summed E-state index contributed by atoms with van der Waals surface area (Å²) >= 11 is 0. The Morgan fingerprint density at radius 3 is 2.67 bits per heavy atom. The maximum Gasteiger partial charge on any atom is 0.451 e. The molecule has 1 aromatic heterocycles. The Labute approximate surface area is 101 Å². The first-order chi connectivity index (χ1) is 8.40. The highest BCUT2D eigenvalue weighted by Gasteiger charge is 2.36. The van der Waals surface area contributed by atoms with E-state index in [4.69, 9.17) is 5.84 Å². The van der Waals surface area contributed by atoms with Gasteiger partial charge in [0.25, 0.3) is 0 Å². The molecule has 9 heteroatoms. The summed E-state index contributed by atoms with van der Waals surface area (Å²) in [6, 6.07) is 1.31. The second-order valence-electron chi connectivity index (χ2n) is 3.97. The highest BCUT2D eigenvalue weighted by Crippen LogP contribution is 2.29. The van der Waals surface area contributed by atoms with Gasteiger partial charge in [-0.05, 0) is 6.42 Å². The predicted octanol–water partition coefficient (Wildman–Crippen LogP) is 0.352. The number of nitrogens with zero attached hydrogens (tertiary/aromatic N) is 3. The van der Waals surface area contributed by atoms with Gasteiger partial charge in [0, 0.05) is 19.2 Å². The number of aliphatic hydroxyl groups is 1. The van der Waals surface area contributed by atoms with Gasteiger partial charge in [-0.1, -0.05) is 0 Å². The predicted molar refractivity (Wildman–Crippen MR) is 57.7 cm³/mol. The normalized spacial score (nSPS) is 20.3. The lowest BCUT2D eigenvalue weighted by molar-refractivity contribution is -0.144. The van der Waals surface area contributed by atoms with Crippen LogP contribution in [-0.4, -0.2) is 34.3 Å². The maximum atomic E-state index is 12.6. The summed E-state index contributed by atoms with van der Waals surface area (Å²) in [4.78, 5) is 8.26. The van der Waals surface area contributed by atoms with E-state index in [1.165, 1.54) is 6.07 Å². The molecule has 1 unspecified atom stereocenters. The second-order valence-corrected chi connectivity index (χ2v) is 3.97. The average molecular weight is 263 g/mol. The summed E-state index contributed by atoms with van der Waals surface area (Å²) in [6.07, 6.45) is -4.69. The van der Waals surface area contributed by atoms with Crippen LogP contribution in [0.2, 0.25) is 0 Å². The van der Waals surface area contributed by atoms with E-state index in [0.29, 0.717) is 13.0 Å². The fourth-order valence-corrected chi connectivity index (χ4v) is 1.75. The Bertz CT molecular complexity index is 439. The molecule has 0 aromatic carbocycles. The molecule has 0 amide bonds. The Morgan fingerprint density at radius 2 is 2.17 bits per heavy atom. The van der Waals surface area contributed by atoms with Crippen LogP contribution < -0.4 is 16.2 Å². The summed E-state index contributed by atoms with van der Waals surface area (Å²) in [5, 5.41) is 9.37. The molecule has 0 spiro atoms. The van der Waals surface area contributed by atoms with Gasteiger partial charge in [-0.2, -0.15) is 13.2 Å². The van der Waals surface area contributed by atoms with Crippen LogP contribution >= 0.6 is 0 Å². The van der Waals surface area contributed by atoms with Gasteiger partial charge in [-0.15, -0.1) is 0 Å². The molecule has 100 valence electrons. The number of halogens is 3. The van der Waals surface area contributed by atoms with E-state index in [1.54, 1.807) is 4.90 Å². The summed E-state index contributed by atoms with van der Waals surface area (Å²) in [7, 11) is 0. The minimum atomic E-state index is -4.64. The van der Waals surface area contributed by atoms with Crippen LogP contribution in [0.25, 0.3) is 0 Å². The quantitative estimate of drug-likeness (QED) is 0.527. The van der Waals surface area contributed by atoms with Crippen molar-refractivity contribution in [2.75, 3.05) is 23.4 Å². The number of hydrogen-bond donors (Lipinski definition) is 3. The van der Waals surface area contributed by atoms with Crippen LogP contribution in [0, 0.1) is 0 Å². The third kappa shape index (κ3) is 2.62. The minimum Gasteiger partial charge on any atom is -0.391 e. The van der Waals surface area contributed by atoms with Crippen molar-refractivity contribution in [1.82, 2.24) is 9.97 Å². The zero-order valence-electron chi connectivity index (χ0n) is 9.28. The van der Waals surface area contributed by atoms with E-state index in [1.807, 2.05) is 0 Å². The zero-order valence-corrected chi connectivity index (χ0v) is 9.28. The van der Waals surface area contributed by atoms with Crippen molar-refractivity contribution in [2.24, 2.45) is 5.84 Å². The Morgan fingerprint density at radius 1 is 1.44 bits per heavy atom. The molecule has 0 saturated carbocycles. The topological polar surface area (TPSA) is 87.3 Å². The second kappa shape index (κ2) is 4.58. The van der Waals surface area contributed by atoms with Crippen LogP contribution in [0.3, 0.4) is 0 Å². The van der Waals surface area contributed by atoms with Crippen molar-refractivity contribution in [3.63, 3.8) is 0 Å². The van der Waals surface area contributed by atoms with Crippen molar-refractivity contribution < 1.29 is 18.3 Å². The number of hydrazine groups is 1. The van der Waals surface area contributed by atoms with Crippen LogP contribution in [0.1, 0.15) is 12.2 Å². The summed E-state index contributed by atoms with van der Waals surface area (Å²) in [5.41, 5.74) is 2.07. The number of alkyl halides is 3. The van der Waals surface area contributed by atoms with E-state index in [0.717, 1.165) is 0 Å². The smallest absolute Gasteiger partial charge is 0.391 e. The Balaban J connectivity index is 2.35. The number of hydrogen-bond acceptors (Lipinski definition) is 6. The first-order valence-electron chi connectivity index (χ1n) is 5.26. The maximum absolute atomic E-state index is 12.6. The number of anilines is 2.